The molecule has 0 radical (unpaired) electrons. The summed E-state index contributed by atoms with van der Waals surface area (Å²) >= 11 is 3.23. The van der Waals surface area contributed by atoms with Gasteiger partial charge in [0.25, 0.3) is 0 Å². The molecule has 0 aliphatic heterocycles. The number of esters is 1. The van der Waals surface area contributed by atoms with Crippen LogP contribution in [0.2, 0.25) is 0 Å². The van der Waals surface area contributed by atoms with Crippen LogP contribution in [0.5, 0.6) is 0 Å². The third-order valence-electron chi connectivity index (χ3n) is 2.31. The molecule has 18 heavy (non-hydrogen) atoms. The zero-order valence-electron chi connectivity index (χ0n) is 10.1. The van der Waals surface area contributed by atoms with Gasteiger partial charge in [0.15, 0.2) is 0 Å². The Kier molecular flexibility index (Phi) is 5.05. The molecule has 0 heterocycles. The van der Waals surface area contributed by atoms with Gasteiger partial charge in [-0.1, -0.05) is 22.0 Å². The van der Waals surface area contributed by atoms with Gasteiger partial charge in [0.2, 0.25) is 0 Å². The van der Waals surface area contributed by atoms with Crippen LogP contribution in [-0.2, 0) is 9.53 Å². The van der Waals surface area contributed by atoms with Crippen LogP contribution >= 0.6 is 15.9 Å². The average Bonchev–Trinajstić information content (AvgIpc) is 2.37. The summed E-state index contributed by atoms with van der Waals surface area (Å²) in [7, 11) is 0. The Morgan fingerprint density at radius 1 is 1.50 bits per heavy atom. The Morgan fingerprint density at radius 3 is 2.67 bits per heavy atom. The summed E-state index contributed by atoms with van der Waals surface area (Å²) in [6.45, 7) is 3.40. The van der Waals surface area contributed by atoms with Crippen molar-refractivity contribution < 1.29 is 14.3 Å². The molecule has 0 saturated carbocycles. The van der Waals surface area contributed by atoms with E-state index in [4.69, 9.17) is 10.00 Å². The topological polar surface area (TPSA) is 67.2 Å². The van der Waals surface area contributed by atoms with Gasteiger partial charge in [0.1, 0.15) is 11.9 Å². The van der Waals surface area contributed by atoms with Crippen molar-refractivity contribution in [2.75, 3.05) is 6.61 Å². The molecule has 5 heteroatoms. The molecule has 1 aromatic carbocycles. The molecule has 0 aliphatic rings. The first kappa shape index (κ1) is 14.4. The van der Waals surface area contributed by atoms with E-state index < -0.39 is 10.8 Å². The van der Waals surface area contributed by atoms with Gasteiger partial charge >= 0.3 is 5.97 Å². The van der Waals surface area contributed by atoms with Crippen molar-refractivity contribution in [3.63, 3.8) is 0 Å². The molecule has 0 fully saturated rings. The number of nitrogens with zero attached hydrogens (tertiary/aromatic N) is 1. The minimum absolute atomic E-state index is 0.0669. The minimum atomic E-state index is -0.533. The van der Waals surface area contributed by atoms with Crippen LogP contribution < -0.4 is 0 Å². The van der Waals surface area contributed by atoms with Crippen molar-refractivity contribution in [3.05, 3.63) is 34.9 Å². The molecule has 0 saturated heterocycles. The number of carbonyl (C=O) groups is 2. The van der Waals surface area contributed by atoms with Crippen LogP contribution in [0.4, 0.5) is 0 Å². The maximum absolute atomic E-state index is 11.6. The molecule has 0 N–H and O–H groups in total. The molecule has 1 unspecified atom stereocenters. The summed E-state index contributed by atoms with van der Waals surface area (Å²) in [6.07, 6.45) is 0. The van der Waals surface area contributed by atoms with E-state index in [9.17, 15) is 9.59 Å². The number of alkyl halides is 1. The largest absolute Gasteiger partial charge is 0.462 e. The van der Waals surface area contributed by atoms with E-state index in [1.807, 2.05) is 6.07 Å². The fourth-order valence-corrected chi connectivity index (χ4v) is 1.72. The second-order valence-corrected chi connectivity index (χ2v) is 4.53. The smallest absolute Gasteiger partial charge is 0.339 e. The normalized spacial score (nSPS) is 11.4. The zero-order chi connectivity index (χ0) is 13.7. The third-order valence-corrected chi connectivity index (χ3v) is 3.48. The predicted octanol–water partition coefficient (Wildman–Crippen LogP) is 2.76. The number of nitriles is 1. The summed E-state index contributed by atoms with van der Waals surface area (Å²) in [4.78, 5) is 22.4. The number of Topliss-reactive ketones (excluding diaryl/α,β-unsaturated/α-hetero) is 1. The first-order chi connectivity index (χ1) is 8.51. The van der Waals surface area contributed by atoms with Gasteiger partial charge < -0.3 is 4.74 Å². The van der Waals surface area contributed by atoms with Gasteiger partial charge in [-0.15, -0.1) is 0 Å². The number of benzene rings is 1. The van der Waals surface area contributed by atoms with Gasteiger partial charge in [-0.05, 0) is 31.5 Å². The number of carbonyl (C=O) groups excluding carboxylic acids is 2. The van der Waals surface area contributed by atoms with E-state index in [0.29, 0.717) is 5.56 Å². The highest BCUT2D eigenvalue weighted by Gasteiger charge is 2.17. The Bertz CT molecular complexity index is 519. The van der Waals surface area contributed by atoms with Crippen molar-refractivity contribution in [2.24, 2.45) is 0 Å². The molecule has 0 aliphatic carbocycles. The standard InChI is InChI=1S/C13H12BrNO3/c1-3-18-13(17)11-5-4-9(6-10(11)7-15)12(14)8(2)16/h4-6,12H,3H2,1-2H3. The SMILES string of the molecule is CCOC(=O)c1ccc(C(Br)C(C)=O)cc1C#N. The van der Waals surface area contributed by atoms with Crippen LogP contribution in [0.1, 0.15) is 40.2 Å². The minimum Gasteiger partial charge on any atom is -0.462 e. The lowest BCUT2D eigenvalue weighted by Gasteiger charge is -2.09. The van der Waals surface area contributed by atoms with Crippen LogP contribution in [-0.4, -0.2) is 18.4 Å². The molecule has 1 aromatic rings. The molecule has 0 bridgehead atoms. The maximum atomic E-state index is 11.6. The van der Waals surface area contributed by atoms with Crippen LogP contribution in [0, 0.1) is 11.3 Å². The van der Waals surface area contributed by atoms with Crippen LogP contribution in [0.3, 0.4) is 0 Å². The second kappa shape index (κ2) is 6.31. The summed E-state index contributed by atoms with van der Waals surface area (Å²) in [5.74, 6) is -0.600. The lowest BCUT2D eigenvalue weighted by molar-refractivity contribution is -0.116. The van der Waals surface area contributed by atoms with Crippen LogP contribution in [0.15, 0.2) is 18.2 Å². The molecule has 0 aromatic heterocycles. The van der Waals surface area contributed by atoms with Gasteiger partial charge in [0, 0.05) is 0 Å². The highest BCUT2D eigenvalue weighted by atomic mass is 79.9. The number of halogens is 1. The molecule has 1 atom stereocenters. The number of rotatable bonds is 4. The van der Waals surface area contributed by atoms with E-state index >= 15 is 0 Å². The van der Waals surface area contributed by atoms with E-state index in [2.05, 4.69) is 15.9 Å². The monoisotopic (exact) mass is 309 g/mol. The first-order valence-corrected chi connectivity index (χ1v) is 6.28. The van der Waals surface area contributed by atoms with Gasteiger partial charge in [-0.3, -0.25) is 4.79 Å². The number of hydrogen-bond acceptors (Lipinski definition) is 4. The molecular weight excluding hydrogens is 298 g/mol. The number of ether oxygens (including phenoxy) is 1. The Labute approximate surface area is 114 Å². The molecule has 0 amide bonds. The second-order valence-electron chi connectivity index (χ2n) is 3.61. The Morgan fingerprint density at radius 2 is 2.17 bits per heavy atom. The predicted molar refractivity (Wildman–Crippen MR) is 69.5 cm³/mol. The fraction of sp³-hybridized carbons (Fsp3) is 0.308. The molecule has 1 rings (SSSR count). The van der Waals surface area contributed by atoms with Crippen LogP contribution in [0.25, 0.3) is 0 Å². The summed E-state index contributed by atoms with van der Waals surface area (Å²) in [5, 5.41) is 9.02. The Hall–Kier alpha value is -1.67. The van der Waals surface area contributed by atoms with Gasteiger partial charge in [-0.2, -0.15) is 5.26 Å². The molecule has 4 nitrogen and oxygen atoms in total. The third kappa shape index (κ3) is 3.17. The van der Waals surface area contributed by atoms with Gasteiger partial charge in [0.05, 0.1) is 22.6 Å². The van der Waals surface area contributed by atoms with Crippen molar-refractivity contribution in [1.82, 2.24) is 0 Å². The first-order valence-electron chi connectivity index (χ1n) is 5.37. The quantitative estimate of drug-likeness (QED) is 0.633. The summed E-state index contributed by atoms with van der Waals surface area (Å²) < 4.78 is 4.85. The van der Waals surface area contributed by atoms with Crippen molar-refractivity contribution >= 4 is 27.7 Å². The average molecular weight is 310 g/mol. The summed E-state index contributed by atoms with van der Waals surface area (Å²) in [6, 6.07) is 6.59. The summed E-state index contributed by atoms with van der Waals surface area (Å²) in [5.41, 5.74) is 1.06. The van der Waals surface area contributed by atoms with E-state index in [0.717, 1.165) is 0 Å². The highest BCUT2D eigenvalue weighted by molar-refractivity contribution is 9.09. The highest BCUT2D eigenvalue weighted by Crippen LogP contribution is 2.25. The van der Waals surface area contributed by atoms with E-state index in [-0.39, 0.29) is 23.5 Å². The maximum Gasteiger partial charge on any atom is 0.339 e. The molecule has 94 valence electrons. The van der Waals surface area contributed by atoms with Crippen molar-refractivity contribution in [3.8, 4) is 6.07 Å². The lowest BCUT2D eigenvalue weighted by atomic mass is 10.0. The fourth-order valence-electron chi connectivity index (χ4n) is 1.43. The molecular formula is C13H12BrNO3. The Balaban J connectivity index is 3.16. The van der Waals surface area contributed by atoms with E-state index in [1.54, 1.807) is 13.0 Å². The zero-order valence-corrected chi connectivity index (χ0v) is 11.7. The number of ketones is 1. The van der Waals surface area contributed by atoms with Crippen molar-refractivity contribution in [2.45, 2.75) is 18.7 Å². The van der Waals surface area contributed by atoms with Crippen molar-refractivity contribution in [1.29, 1.82) is 5.26 Å². The molecule has 0 spiro atoms. The lowest BCUT2D eigenvalue weighted by Crippen LogP contribution is -2.08. The van der Waals surface area contributed by atoms with Gasteiger partial charge in [-0.25, -0.2) is 4.79 Å². The van der Waals surface area contributed by atoms with E-state index in [1.165, 1.54) is 19.1 Å². The number of hydrogen-bond donors (Lipinski definition) is 0.